The Bertz CT molecular complexity index is 1070. The Hall–Kier alpha value is -2.91. The van der Waals surface area contributed by atoms with E-state index in [1.807, 2.05) is 42.7 Å². The lowest BCUT2D eigenvalue weighted by Gasteiger charge is -2.09. The Kier molecular flexibility index (Phi) is 6.50. The number of thioether (sulfide) groups is 1. The average molecular weight is 432 g/mol. The van der Waals surface area contributed by atoms with Crippen LogP contribution in [-0.4, -0.2) is 31.3 Å². The van der Waals surface area contributed by atoms with Gasteiger partial charge in [-0.15, -0.1) is 10.2 Å². The molecule has 0 saturated heterocycles. The second-order valence-corrected chi connectivity index (χ2v) is 7.53. The molecule has 150 valence electrons. The molecule has 3 rings (SSSR count). The summed E-state index contributed by atoms with van der Waals surface area (Å²) in [7, 11) is 0. The standard InChI is InChI=1S/C19H18ClN5O3S/c1-3-24-18(13-6-4-5-12(2)9-13)22-23-19(24)29-11-17(26)21-16-10-14(25(27)28)7-8-15(16)20/h4-10H,3,11H2,1-2H3,(H,21,26). The summed E-state index contributed by atoms with van der Waals surface area (Å²) in [5.74, 6) is 0.450. The minimum atomic E-state index is -0.544. The van der Waals surface area contributed by atoms with Crippen molar-refractivity contribution in [3.63, 3.8) is 0 Å². The molecule has 0 fully saturated rings. The van der Waals surface area contributed by atoms with Crippen molar-refractivity contribution in [2.24, 2.45) is 0 Å². The van der Waals surface area contributed by atoms with E-state index >= 15 is 0 Å². The Morgan fingerprint density at radius 3 is 2.76 bits per heavy atom. The van der Waals surface area contributed by atoms with Crippen molar-refractivity contribution in [1.29, 1.82) is 0 Å². The molecule has 0 spiro atoms. The lowest BCUT2D eigenvalue weighted by atomic mass is 10.1. The number of anilines is 1. The van der Waals surface area contributed by atoms with Crippen molar-refractivity contribution >= 4 is 40.6 Å². The molecule has 2 aromatic carbocycles. The van der Waals surface area contributed by atoms with Gasteiger partial charge in [-0.2, -0.15) is 0 Å². The van der Waals surface area contributed by atoms with Crippen molar-refractivity contribution in [3.05, 3.63) is 63.2 Å². The quantitative estimate of drug-likeness (QED) is 0.334. The first kappa shape index (κ1) is 20.8. The number of aromatic nitrogens is 3. The van der Waals surface area contributed by atoms with Gasteiger partial charge in [0.2, 0.25) is 5.91 Å². The molecule has 3 aromatic rings. The Morgan fingerprint density at radius 1 is 1.28 bits per heavy atom. The van der Waals surface area contributed by atoms with E-state index in [-0.39, 0.29) is 28.1 Å². The lowest BCUT2D eigenvalue weighted by molar-refractivity contribution is -0.384. The highest BCUT2D eigenvalue weighted by atomic mass is 35.5. The lowest BCUT2D eigenvalue weighted by Crippen LogP contribution is -2.15. The summed E-state index contributed by atoms with van der Waals surface area (Å²) in [4.78, 5) is 22.7. The first-order chi connectivity index (χ1) is 13.9. The summed E-state index contributed by atoms with van der Waals surface area (Å²) < 4.78 is 1.94. The highest BCUT2D eigenvalue weighted by molar-refractivity contribution is 7.99. The molecule has 0 aliphatic rings. The molecule has 0 aliphatic carbocycles. The summed E-state index contributed by atoms with van der Waals surface area (Å²) in [6.07, 6.45) is 0. The average Bonchev–Trinajstić information content (AvgIpc) is 3.11. The van der Waals surface area contributed by atoms with Crippen molar-refractivity contribution in [2.45, 2.75) is 25.5 Å². The van der Waals surface area contributed by atoms with Crippen LogP contribution >= 0.6 is 23.4 Å². The number of carbonyl (C=O) groups excluding carboxylic acids is 1. The maximum absolute atomic E-state index is 12.3. The third-order valence-corrected chi connectivity index (χ3v) is 5.37. The number of rotatable bonds is 7. The monoisotopic (exact) mass is 431 g/mol. The number of non-ortho nitro benzene ring substituents is 1. The highest BCUT2D eigenvalue weighted by Gasteiger charge is 2.16. The van der Waals surface area contributed by atoms with E-state index in [1.54, 1.807) is 0 Å². The van der Waals surface area contributed by atoms with Gasteiger partial charge in [0, 0.05) is 24.2 Å². The normalized spacial score (nSPS) is 10.7. The second-order valence-electron chi connectivity index (χ2n) is 6.18. The zero-order valence-electron chi connectivity index (χ0n) is 15.8. The van der Waals surface area contributed by atoms with Gasteiger partial charge in [-0.1, -0.05) is 47.1 Å². The molecule has 0 bridgehead atoms. The van der Waals surface area contributed by atoms with E-state index in [9.17, 15) is 14.9 Å². The number of benzene rings is 2. The van der Waals surface area contributed by atoms with Crippen molar-refractivity contribution in [1.82, 2.24) is 14.8 Å². The fraction of sp³-hybridized carbons (Fsp3) is 0.211. The van der Waals surface area contributed by atoms with E-state index in [0.717, 1.165) is 17.0 Å². The van der Waals surface area contributed by atoms with Crippen molar-refractivity contribution < 1.29 is 9.72 Å². The summed E-state index contributed by atoms with van der Waals surface area (Å²) in [6, 6.07) is 11.9. The van der Waals surface area contributed by atoms with Gasteiger partial charge < -0.3 is 9.88 Å². The SMILES string of the molecule is CCn1c(SCC(=O)Nc2cc([N+](=O)[O-])ccc2Cl)nnc1-c1cccc(C)c1. The minimum absolute atomic E-state index is 0.0605. The van der Waals surface area contributed by atoms with Crippen LogP contribution in [-0.2, 0) is 11.3 Å². The van der Waals surface area contributed by atoms with Gasteiger partial charge in [0.1, 0.15) is 0 Å². The molecule has 29 heavy (non-hydrogen) atoms. The van der Waals surface area contributed by atoms with Gasteiger partial charge in [0.25, 0.3) is 5.69 Å². The molecule has 0 aliphatic heterocycles. The Morgan fingerprint density at radius 2 is 2.07 bits per heavy atom. The van der Waals surface area contributed by atoms with Crippen LogP contribution in [0.15, 0.2) is 47.6 Å². The number of aryl methyl sites for hydroxylation is 1. The number of nitro benzene ring substituents is 1. The van der Waals surface area contributed by atoms with Gasteiger partial charge in [-0.05, 0) is 26.0 Å². The van der Waals surface area contributed by atoms with Gasteiger partial charge in [-0.25, -0.2) is 0 Å². The maximum Gasteiger partial charge on any atom is 0.271 e. The van der Waals surface area contributed by atoms with Crippen LogP contribution in [0.5, 0.6) is 0 Å². The predicted molar refractivity (Wildman–Crippen MR) is 113 cm³/mol. The number of nitrogens with zero attached hydrogens (tertiary/aromatic N) is 4. The van der Waals surface area contributed by atoms with E-state index in [4.69, 9.17) is 11.6 Å². The molecule has 10 heteroatoms. The third kappa shape index (κ3) is 4.93. The van der Waals surface area contributed by atoms with Gasteiger partial charge >= 0.3 is 0 Å². The number of amides is 1. The number of carbonyl (C=O) groups is 1. The van der Waals surface area contributed by atoms with Crippen LogP contribution in [0, 0.1) is 17.0 Å². The zero-order chi connectivity index (χ0) is 21.0. The topological polar surface area (TPSA) is 103 Å². The summed E-state index contributed by atoms with van der Waals surface area (Å²) in [5, 5.41) is 22.8. The molecule has 1 amide bonds. The summed E-state index contributed by atoms with van der Waals surface area (Å²) >= 11 is 7.26. The van der Waals surface area contributed by atoms with Gasteiger partial charge in [-0.3, -0.25) is 14.9 Å². The van der Waals surface area contributed by atoms with Gasteiger partial charge in [0.15, 0.2) is 11.0 Å². The first-order valence-corrected chi connectivity index (χ1v) is 10.1. The van der Waals surface area contributed by atoms with Crippen molar-refractivity contribution in [3.8, 4) is 11.4 Å². The van der Waals surface area contributed by atoms with Gasteiger partial charge in [0.05, 0.1) is 21.4 Å². The smallest absolute Gasteiger partial charge is 0.271 e. The zero-order valence-corrected chi connectivity index (χ0v) is 17.3. The molecule has 1 N–H and O–H groups in total. The molecule has 0 unspecified atom stereocenters. The molecule has 1 aromatic heterocycles. The molecular formula is C19H18ClN5O3S. The van der Waals surface area contributed by atoms with Crippen LogP contribution in [0.3, 0.4) is 0 Å². The number of nitro groups is 1. The van der Waals surface area contributed by atoms with E-state index in [1.165, 1.54) is 30.0 Å². The number of nitrogens with one attached hydrogen (secondary N) is 1. The Balaban J connectivity index is 1.71. The number of hydrogen-bond acceptors (Lipinski definition) is 6. The molecule has 0 saturated carbocycles. The summed E-state index contributed by atoms with van der Waals surface area (Å²) in [6.45, 7) is 4.64. The number of hydrogen-bond donors (Lipinski definition) is 1. The molecular weight excluding hydrogens is 414 g/mol. The van der Waals surface area contributed by atoms with Crippen LogP contribution in [0.4, 0.5) is 11.4 Å². The maximum atomic E-state index is 12.3. The molecule has 0 atom stereocenters. The van der Waals surface area contributed by atoms with E-state index in [0.29, 0.717) is 11.7 Å². The van der Waals surface area contributed by atoms with E-state index < -0.39 is 4.92 Å². The fourth-order valence-corrected chi connectivity index (χ4v) is 3.68. The number of halogens is 1. The molecule has 0 radical (unpaired) electrons. The summed E-state index contributed by atoms with van der Waals surface area (Å²) in [5.41, 5.74) is 2.13. The van der Waals surface area contributed by atoms with Crippen LogP contribution in [0.2, 0.25) is 5.02 Å². The molecule has 1 heterocycles. The largest absolute Gasteiger partial charge is 0.324 e. The Labute approximate surface area is 176 Å². The van der Waals surface area contributed by atoms with E-state index in [2.05, 4.69) is 15.5 Å². The second kappa shape index (κ2) is 9.06. The fourth-order valence-electron chi connectivity index (χ4n) is 2.72. The minimum Gasteiger partial charge on any atom is -0.324 e. The van der Waals surface area contributed by atoms with Crippen LogP contribution in [0.1, 0.15) is 12.5 Å². The molecule has 8 nitrogen and oxygen atoms in total. The third-order valence-electron chi connectivity index (χ3n) is 4.08. The van der Waals surface area contributed by atoms with Crippen LogP contribution in [0.25, 0.3) is 11.4 Å². The first-order valence-electron chi connectivity index (χ1n) is 8.76. The predicted octanol–water partition coefficient (Wildman–Crippen LogP) is 4.57. The van der Waals surface area contributed by atoms with Crippen molar-refractivity contribution in [2.75, 3.05) is 11.1 Å². The van der Waals surface area contributed by atoms with Crippen LogP contribution < -0.4 is 5.32 Å². The highest BCUT2D eigenvalue weighted by Crippen LogP contribution is 2.28.